The maximum Gasteiger partial charge on any atom is 0.338 e. The predicted octanol–water partition coefficient (Wildman–Crippen LogP) is 5.31. The van der Waals surface area contributed by atoms with E-state index in [1.54, 1.807) is 12.1 Å². The first-order chi connectivity index (χ1) is 16.2. The van der Waals surface area contributed by atoms with Gasteiger partial charge in [0.1, 0.15) is 12.6 Å². The Morgan fingerprint density at radius 2 is 1.47 bits per heavy atom. The molecule has 0 radical (unpaired) electrons. The third-order valence-electron chi connectivity index (χ3n) is 5.35. The molecule has 1 atom stereocenters. The van der Waals surface area contributed by atoms with Crippen molar-refractivity contribution in [2.24, 2.45) is 0 Å². The van der Waals surface area contributed by atoms with Gasteiger partial charge in [-0.05, 0) is 51.0 Å². The van der Waals surface area contributed by atoms with E-state index in [0.29, 0.717) is 18.7 Å². The van der Waals surface area contributed by atoms with Crippen molar-refractivity contribution in [2.75, 3.05) is 13.2 Å². The number of nitrogens with zero attached hydrogens (tertiary/aromatic N) is 1. The van der Waals surface area contributed by atoms with E-state index in [1.165, 1.54) is 0 Å². The number of carbonyl (C=O) groups is 2. The molecule has 3 aromatic carbocycles. The van der Waals surface area contributed by atoms with Crippen LogP contribution in [0.1, 0.15) is 53.9 Å². The Bertz CT molecular complexity index is 1060. The summed E-state index contributed by atoms with van der Waals surface area (Å²) in [5, 5.41) is 3.14. The number of esters is 1. The van der Waals surface area contributed by atoms with Gasteiger partial charge >= 0.3 is 5.97 Å². The number of hydrogen-bond acceptors (Lipinski definition) is 4. The molecular formula is C29H34N2O3. The van der Waals surface area contributed by atoms with Crippen molar-refractivity contribution in [1.29, 1.82) is 0 Å². The summed E-state index contributed by atoms with van der Waals surface area (Å²) in [5.41, 5.74) is 3.25. The van der Waals surface area contributed by atoms with Crippen molar-refractivity contribution < 1.29 is 14.3 Å². The molecule has 1 amide bonds. The van der Waals surface area contributed by atoms with Crippen molar-refractivity contribution in [2.45, 2.75) is 45.8 Å². The molecule has 1 N–H and O–H groups in total. The molecular weight excluding hydrogens is 424 g/mol. The Balaban J connectivity index is 1.86. The molecule has 3 rings (SSSR count). The van der Waals surface area contributed by atoms with Gasteiger partial charge in [-0.3, -0.25) is 9.69 Å². The number of amides is 1. The minimum absolute atomic E-state index is 0.0818. The van der Waals surface area contributed by atoms with Crippen molar-refractivity contribution >= 4 is 11.9 Å². The second-order valence-corrected chi connectivity index (χ2v) is 9.51. The van der Waals surface area contributed by atoms with Crippen LogP contribution in [-0.4, -0.2) is 35.5 Å². The van der Waals surface area contributed by atoms with Gasteiger partial charge in [0, 0.05) is 18.6 Å². The topological polar surface area (TPSA) is 58.6 Å². The lowest BCUT2D eigenvalue weighted by Crippen LogP contribution is -2.48. The lowest BCUT2D eigenvalue weighted by molar-refractivity contribution is -0.128. The van der Waals surface area contributed by atoms with Crippen LogP contribution in [0.25, 0.3) is 0 Å². The minimum atomic E-state index is -0.532. The number of benzene rings is 3. The monoisotopic (exact) mass is 458 g/mol. The van der Waals surface area contributed by atoms with Gasteiger partial charge in [0.15, 0.2) is 0 Å². The maximum atomic E-state index is 13.5. The normalized spacial score (nSPS) is 12.3. The van der Waals surface area contributed by atoms with Crippen LogP contribution in [0.5, 0.6) is 0 Å². The Morgan fingerprint density at radius 3 is 2.06 bits per heavy atom. The molecule has 0 saturated heterocycles. The van der Waals surface area contributed by atoms with E-state index in [1.807, 2.05) is 100 Å². The number of rotatable bonds is 9. The third kappa shape index (κ3) is 7.56. The third-order valence-corrected chi connectivity index (χ3v) is 5.35. The average Bonchev–Trinajstić information content (AvgIpc) is 2.80. The van der Waals surface area contributed by atoms with E-state index < -0.39 is 6.04 Å². The highest BCUT2D eigenvalue weighted by Gasteiger charge is 2.30. The molecule has 34 heavy (non-hydrogen) atoms. The van der Waals surface area contributed by atoms with Crippen molar-refractivity contribution in [3.8, 4) is 0 Å². The molecule has 5 heteroatoms. The average molecular weight is 459 g/mol. The lowest BCUT2D eigenvalue weighted by Gasteiger charge is -2.33. The summed E-state index contributed by atoms with van der Waals surface area (Å²) in [7, 11) is 0. The van der Waals surface area contributed by atoms with Crippen LogP contribution in [0.2, 0.25) is 0 Å². The van der Waals surface area contributed by atoms with Crippen LogP contribution in [-0.2, 0) is 16.1 Å². The van der Waals surface area contributed by atoms with Crippen LogP contribution < -0.4 is 5.32 Å². The van der Waals surface area contributed by atoms with E-state index in [4.69, 9.17) is 4.74 Å². The number of hydrogen-bond donors (Lipinski definition) is 1. The van der Waals surface area contributed by atoms with Gasteiger partial charge in [0.2, 0.25) is 5.91 Å². The smallest absolute Gasteiger partial charge is 0.338 e. The highest BCUT2D eigenvalue weighted by molar-refractivity contribution is 5.89. The molecule has 5 nitrogen and oxygen atoms in total. The Hall–Kier alpha value is -3.44. The molecule has 0 saturated carbocycles. The molecule has 0 bridgehead atoms. The quantitative estimate of drug-likeness (QED) is 0.442. The van der Waals surface area contributed by atoms with Crippen LogP contribution >= 0.6 is 0 Å². The van der Waals surface area contributed by atoms with Crippen LogP contribution in [0.15, 0.2) is 84.9 Å². The van der Waals surface area contributed by atoms with E-state index in [-0.39, 0.29) is 24.0 Å². The Morgan fingerprint density at radius 1 is 0.882 bits per heavy atom. The van der Waals surface area contributed by atoms with Crippen molar-refractivity contribution in [3.05, 3.63) is 107 Å². The van der Waals surface area contributed by atoms with Crippen LogP contribution in [0.3, 0.4) is 0 Å². The Kier molecular flexibility index (Phi) is 8.61. The zero-order valence-electron chi connectivity index (χ0n) is 20.5. The second-order valence-electron chi connectivity index (χ2n) is 9.51. The second kappa shape index (κ2) is 11.6. The number of ether oxygens (including phenoxy) is 1. The van der Waals surface area contributed by atoms with Gasteiger partial charge in [-0.1, -0.05) is 78.4 Å². The van der Waals surface area contributed by atoms with E-state index in [0.717, 1.165) is 16.7 Å². The fourth-order valence-corrected chi connectivity index (χ4v) is 3.75. The van der Waals surface area contributed by atoms with Gasteiger partial charge in [-0.15, -0.1) is 0 Å². The molecule has 0 aromatic heterocycles. The van der Waals surface area contributed by atoms with Crippen LogP contribution in [0.4, 0.5) is 0 Å². The van der Waals surface area contributed by atoms with Gasteiger partial charge in [-0.25, -0.2) is 4.79 Å². The summed E-state index contributed by atoms with van der Waals surface area (Å²) in [4.78, 5) is 28.1. The first-order valence-corrected chi connectivity index (χ1v) is 11.6. The van der Waals surface area contributed by atoms with E-state index >= 15 is 0 Å². The summed E-state index contributed by atoms with van der Waals surface area (Å²) in [5.74, 6) is -0.451. The van der Waals surface area contributed by atoms with Gasteiger partial charge in [0.25, 0.3) is 0 Å². The SMILES string of the molecule is Cc1ccc(C(C(=O)NC(C)(C)C)N(CCOC(=O)c2ccccc2)Cc2ccccc2)cc1. The standard InChI is InChI=1S/C29H34N2O3/c1-22-15-17-24(18-16-22)26(27(32)30-29(2,3)4)31(21-23-11-7-5-8-12-23)19-20-34-28(33)25-13-9-6-10-14-25/h5-18,26H,19-21H2,1-4H3,(H,30,32). The molecule has 178 valence electrons. The molecule has 0 fully saturated rings. The molecule has 1 unspecified atom stereocenters. The highest BCUT2D eigenvalue weighted by atomic mass is 16.5. The minimum Gasteiger partial charge on any atom is -0.461 e. The predicted molar refractivity (Wildman–Crippen MR) is 135 cm³/mol. The lowest BCUT2D eigenvalue weighted by atomic mass is 10.00. The fourth-order valence-electron chi connectivity index (χ4n) is 3.75. The number of aryl methyl sites for hydroxylation is 1. The molecule has 0 spiro atoms. The summed E-state index contributed by atoms with van der Waals surface area (Å²) >= 11 is 0. The zero-order valence-corrected chi connectivity index (χ0v) is 20.5. The highest BCUT2D eigenvalue weighted by Crippen LogP contribution is 2.25. The van der Waals surface area contributed by atoms with Crippen molar-refractivity contribution in [3.63, 3.8) is 0 Å². The number of nitrogens with one attached hydrogen (secondary N) is 1. The van der Waals surface area contributed by atoms with E-state index in [2.05, 4.69) is 10.2 Å². The van der Waals surface area contributed by atoms with E-state index in [9.17, 15) is 9.59 Å². The molecule has 0 aliphatic heterocycles. The first-order valence-electron chi connectivity index (χ1n) is 11.6. The summed E-state index contributed by atoms with van der Waals surface area (Å²) in [6.45, 7) is 9.06. The molecule has 3 aromatic rings. The molecule has 0 heterocycles. The molecule has 0 aliphatic carbocycles. The van der Waals surface area contributed by atoms with Crippen LogP contribution in [0, 0.1) is 6.92 Å². The van der Waals surface area contributed by atoms with Crippen molar-refractivity contribution in [1.82, 2.24) is 10.2 Å². The van der Waals surface area contributed by atoms with Gasteiger partial charge in [-0.2, -0.15) is 0 Å². The first kappa shape index (κ1) is 25.2. The Labute approximate surface area is 202 Å². The zero-order chi connectivity index (χ0) is 24.6. The maximum absolute atomic E-state index is 13.5. The summed E-state index contributed by atoms with van der Waals surface area (Å²) < 4.78 is 5.57. The number of carbonyl (C=O) groups excluding carboxylic acids is 2. The summed E-state index contributed by atoms with van der Waals surface area (Å²) in [6, 6.07) is 26.5. The summed E-state index contributed by atoms with van der Waals surface area (Å²) in [6.07, 6.45) is 0. The molecule has 0 aliphatic rings. The fraction of sp³-hybridized carbons (Fsp3) is 0.310. The van der Waals surface area contributed by atoms with Gasteiger partial charge < -0.3 is 10.1 Å². The largest absolute Gasteiger partial charge is 0.461 e. The van der Waals surface area contributed by atoms with Gasteiger partial charge in [0.05, 0.1) is 5.56 Å².